The third kappa shape index (κ3) is 3.05. The quantitative estimate of drug-likeness (QED) is 0.657. The van der Waals surface area contributed by atoms with Crippen molar-refractivity contribution in [2.75, 3.05) is 6.26 Å². The minimum atomic E-state index is -0.871. The SMILES string of the molecule is CS(=O)c1ccc(S)cc1.O. The maximum absolute atomic E-state index is 10.8. The van der Waals surface area contributed by atoms with Crippen LogP contribution in [0.3, 0.4) is 0 Å². The molecule has 2 N–H and O–H groups in total. The van der Waals surface area contributed by atoms with Gasteiger partial charge in [0, 0.05) is 26.8 Å². The molecule has 0 saturated carbocycles. The Labute approximate surface area is 73.8 Å². The first-order chi connectivity index (χ1) is 4.70. The fourth-order valence-corrected chi connectivity index (χ4v) is 1.31. The summed E-state index contributed by atoms with van der Waals surface area (Å²) < 4.78 is 10.8. The largest absolute Gasteiger partial charge is 0.412 e. The van der Waals surface area contributed by atoms with Crippen LogP contribution in [0.15, 0.2) is 34.1 Å². The van der Waals surface area contributed by atoms with Gasteiger partial charge in [-0.25, -0.2) is 0 Å². The third-order valence-corrected chi connectivity index (χ3v) is 2.40. The number of rotatable bonds is 1. The fourth-order valence-electron chi connectivity index (χ4n) is 0.638. The first kappa shape index (κ1) is 10.7. The van der Waals surface area contributed by atoms with Gasteiger partial charge in [-0.2, -0.15) is 0 Å². The molecule has 0 aliphatic heterocycles. The van der Waals surface area contributed by atoms with Crippen molar-refractivity contribution < 1.29 is 9.69 Å². The minimum absolute atomic E-state index is 0. The van der Waals surface area contributed by atoms with Gasteiger partial charge in [-0.1, -0.05) is 0 Å². The summed E-state index contributed by atoms with van der Waals surface area (Å²) in [7, 11) is -0.871. The van der Waals surface area contributed by atoms with Crippen LogP contribution < -0.4 is 0 Å². The maximum Gasteiger partial charge on any atom is 0.0498 e. The number of hydrogen-bond acceptors (Lipinski definition) is 2. The van der Waals surface area contributed by atoms with Crippen LogP contribution in [-0.2, 0) is 10.8 Å². The summed E-state index contributed by atoms with van der Waals surface area (Å²) in [5.41, 5.74) is 0. The Hall–Kier alpha value is -0.320. The highest BCUT2D eigenvalue weighted by atomic mass is 32.2. The summed E-state index contributed by atoms with van der Waals surface area (Å²) in [5, 5.41) is 0. The van der Waals surface area contributed by atoms with Crippen molar-refractivity contribution in [3.63, 3.8) is 0 Å². The molecule has 4 heteroatoms. The van der Waals surface area contributed by atoms with Crippen molar-refractivity contribution in [2.24, 2.45) is 0 Å². The number of benzene rings is 1. The zero-order valence-corrected chi connectivity index (χ0v) is 7.78. The Morgan fingerprint density at radius 2 is 1.73 bits per heavy atom. The average Bonchev–Trinajstić information content (AvgIpc) is 1.88. The van der Waals surface area contributed by atoms with Gasteiger partial charge in [0.25, 0.3) is 0 Å². The summed E-state index contributed by atoms with van der Waals surface area (Å²) in [6.07, 6.45) is 1.66. The molecule has 0 fully saturated rings. The van der Waals surface area contributed by atoms with Gasteiger partial charge in [0.15, 0.2) is 0 Å². The highest BCUT2D eigenvalue weighted by Gasteiger charge is 1.93. The van der Waals surface area contributed by atoms with Gasteiger partial charge in [0.05, 0.1) is 0 Å². The lowest BCUT2D eigenvalue weighted by Gasteiger charge is -1.94. The van der Waals surface area contributed by atoms with Gasteiger partial charge >= 0.3 is 0 Å². The monoisotopic (exact) mass is 190 g/mol. The molecule has 11 heavy (non-hydrogen) atoms. The van der Waals surface area contributed by atoms with Gasteiger partial charge in [0.2, 0.25) is 0 Å². The van der Waals surface area contributed by atoms with Crippen molar-refractivity contribution in [2.45, 2.75) is 9.79 Å². The Bertz CT molecular complexity index is 243. The van der Waals surface area contributed by atoms with Gasteiger partial charge in [-0.05, 0) is 24.3 Å². The van der Waals surface area contributed by atoms with Gasteiger partial charge < -0.3 is 5.48 Å². The summed E-state index contributed by atoms with van der Waals surface area (Å²) in [6, 6.07) is 7.30. The molecule has 1 aromatic carbocycles. The molecule has 0 aromatic heterocycles. The van der Waals surface area contributed by atoms with Gasteiger partial charge in [-0.15, -0.1) is 12.6 Å². The first-order valence-electron chi connectivity index (χ1n) is 2.82. The summed E-state index contributed by atoms with van der Waals surface area (Å²) >= 11 is 4.10. The standard InChI is InChI=1S/C7H8OS2.H2O/c1-10(8)7-4-2-6(9)3-5-7;/h2-5,9H,1H3;1H2. The molecular weight excluding hydrogens is 180 g/mol. The lowest BCUT2D eigenvalue weighted by atomic mass is 10.4. The Kier molecular flexibility index (Phi) is 4.40. The van der Waals surface area contributed by atoms with Crippen LogP contribution in [0.4, 0.5) is 0 Å². The van der Waals surface area contributed by atoms with E-state index in [-0.39, 0.29) is 5.48 Å². The van der Waals surface area contributed by atoms with Crippen LogP contribution in [0.2, 0.25) is 0 Å². The molecule has 2 nitrogen and oxygen atoms in total. The number of thiol groups is 1. The summed E-state index contributed by atoms with van der Waals surface area (Å²) in [5.74, 6) is 0. The van der Waals surface area contributed by atoms with Crippen molar-refractivity contribution in [1.82, 2.24) is 0 Å². The molecule has 0 aliphatic carbocycles. The molecule has 0 radical (unpaired) electrons. The van der Waals surface area contributed by atoms with Crippen molar-refractivity contribution in [3.8, 4) is 0 Å². The van der Waals surface area contributed by atoms with E-state index in [1.165, 1.54) is 0 Å². The fraction of sp³-hybridized carbons (Fsp3) is 0.143. The Morgan fingerprint density at radius 1 is 1.27 bits per heavy atom. The predicted molar refractivity (Wildman–Crippen MR) is 49.6 cm³/mol. The third-order valence-electron chi connectivity index (χ3n) is 1.17. The van der Waals surface area contributed by atoms with E-state index in [0.717, 1.165) is 9.79 Å². The van der Waals surface area contributed by atoms with Crippen LogP contribution in [-0.4, -0.2) is 15.9 Å². The molecular formula is C7H10O2S2. The normalized spacial score (nSPS) is 11.8. The molecule has 0 aliphatic rings. The second-order valence-electron chi connectivity index (χ2n) is 1.95. The predicted octanol–water partition coefficient (Wildman–Crippen LogP) is 0.888. The van der Waals surface area contributed by atoms with Crippen LogP contribution in [0.5, 0.6) is 0 Å². The van der Waals surface area contributed by atoms with Crippen molar-refractivity contribution >= 4 is 23.4 Å². The topological polar surface area (TPSA) is 48.6 Å². The summed E-state index contributed by atoms with van der Waals surface area (Å²) in [4.78, 5) is 1.74. The van der Waals surface area contributed by atoms with Gasteiger partial charge in [-0.3, -0.25) is 4.21 Å². The van der Waals surface area contributed by atoms with E-state index in [0.29, 0.717) is 0 Å². The van der Waals surface area contributed by atoms with Crippen molar-refractivity contribution in [1.29, 1.82) is 0 Å². The Morgan fingerprint density at radius 3 is 2.09 bits per heavy atom. The van der Waals surface area contributed by atoms with E-state index in [1.54, 1.807) is 6.26 Å². The van der Waals surface area contributed by atoms with Crippen LogP contribution in [0, 0.1) is 0 Å². The van der Waals surface area contributed by atoms with E-state index < -0.39 is 10.8 Å². The number of hydrogen-bond donors (Lipinski definition) is 1. The molecule has 0 spiro atoms. The molecule has 1 atom stereocenters. The molecule has 1 unspecified atom stereocenters. The second-order valence-corrected chi connectivity index (χ2v) is 3.84. The molecule has 1 aromatic rings. The average molecular weight is 190 g/mol. The zero-order valence-electron chi connectivity index (χ0n) is 6.07. The van der Waals surface area contributed by atoms with Gasteiger partial charge in [0.1, 0.15) is 0 Å². The van der Waals surface area contributed by atoms with Crippen LogP contribution in [0.25, 0.3) is 0 Å². The van der Waals surface area contributed by atoms with Crippen LogP contribution >= 0.6 is 12.6 Å². The smallest absolute Gasteiger partial charge is 0.0498 e. The first-order valence-corrected chi connectivity index (χ1v) is 4.83. The van der Waals surface area contributed by atoms with E-state index >= 15 is 0 Å². The Balaban J connectivity index is 0.000001000. The molecule has 0 bridgehead atoms. The molecule has 0 amide bonds. The van der Waals surface area contributed by atoms with E-state index in [4.69, 9.17) is 0 Å². The molecule has 0 saturated heterocycles. The van der Waals surface area contributed by atoms with Crippen LogP contribution in [0.1, 0.15) is 0 Å². The lowest BCUT2D eigenvalue weighted by molar-refractivity contribution is 0.686. The van der Waals surface area contributed by atoms with E-state index in [1.807, 2.05) is 24.3 Å². The minimum Gasteiger partial charge on any atom is -0.412 e. The van der Waals surface area contributed by atoms with E-state index in [2.05, 4.69) is 12.6 Å². The maximum atomic E-state index is 10.8. The highest BCUT2D eigenvalue weighted by molar-refractivity contribution is 7.84. The summed E-state index contributed by atoms with van der Waals surface area (Å²) in [6.45, 7) is 0. The van der Waals surface area contributed by atoms with Crippen molar-refractivity contribution in [3.05, 3.63) is 24.3 Å². The molecule has 0 heterocycles. The molecule has 62 valence electrons. The second kappa shape index (κ2) is 4.54. The molecule has 1 rings (SSSR count). The zero-order chi connectivity index (χ0) is 7.56. The highest BCUT2D eigenvalue weighted by Crippen LogP contribution is 2.09. The lowest BCUT2D eigenvalue weighted by Crippen LogP contribution is -1.84. The van der Waals surface area contributed by atoms with E-state index in [9.17, 15) is 4.21 Å².